The fourth-order valence-electron chi connectivity index (χ4n) is 4.49. The number of aromatic carboxylic acids is 1. The Morgan fingerprint density at radius 3 is 2.53 bits per heavy atom. The zero-order valence-electron chi connectivity index (χ0n) is 18.1. The Hall–Kier alpha value is -2.73. The number of carboxylic acid groups (broad SMARTS) is 1. The maximum absolute atomic E-state index is 13.8. The van der Waals surface area contributed by atoms with E-state index in [1.165, 1.54) is 18.2 Å². The Morgan fingerprint density at radius 1 is 1.28 bits per heavy atom. The van der Waals surface area contributed by atoms with Crippen LogP contribution in [-0.2, 0) is 4.79 Å². The van der Waals surface area contributed by atoms with Crippen molar-refractivity contribution in [3.8, 4) is 0 Å². The molecule has 0 aromatic heterocycles. The molecule has 0 spiro atoms. The summed E-state index contributed by atoms with van der Waals surface area (Å²) in [5, 5.41) is 9.21. The average molecular weight is 457 g/mol. The summed E-state index contributed by atoms with van der Waals surface area (Å²) in [5.74, 6) is -1.43. The highest BCUT2D eigenvalue weighted by Crippen LogP contribution is 2.49. The van der Waals surface area contributed by atoms with Crippen LogP contribution < -0.4 is 0 Å². The molecule has 2 aromatic carbocycles. The lowest BCUT2D eigenvalue weighted by atomic mass is 9.94. The molecule has 0 radical (unpaired) electrons. The fourth-order valence-corrected chi connectivity index (χ4v) is 4.67. The van der Waals surface area contributed by atoms with E-state index in [1.54, 1.807) is 24.3 Å². The summed E-state index contributed by atoms with van der Waals surface area (Å²) >= 11 is 5.99. The van der Waals surface area contributed by atoms with Gasteiger partial charge in [0.25, 0.3) is 5.91 Å². The van der Waals surface area contributed by atoms with E-state index in [4.69, 9.17) is 16.6 Å². The van der Waals surface area contributed by atoms with Crippen LogP contribution in [0.1, 0.15) is 73.5 Å². The Morgan fingerprint density at radius 2 is 1.97 bits per heavy atom. The fraction of sp³-hybridized carbons (Fsp3) is 0.400. The summed E-state index contributed by atoms with van der Waals surface area (Å²) < 4.78 is 13.7. The van der Waals surface area contributed by atoms with E-state index in [-0.39, 0.29) is 22.5 Å². The number of nitrogens with zero attached hydrogens (tertiary/aromatic N) is 2. The maximum atomic E-state index is 13.8. The highest BCUT2D eigenvalue weighted by molar-refractivity contribution is 6.47. The van der Waals surface area contributed by atoms with Gasteiger partial charge in [0, 0.05) is 5.56 Å². The van der Waals surface area contributed by atoms with E-state index in [0.717, 1.165) is 31.2 Å². The number of benzene rings is 2. The molecule has 1 saturated carbocycles. The third kappa shape index (κ3) is 4.16. The minimum Gasteiger partial charge on any atom is -0.478 e. The first-order chi connectivity index (χ1) is 15.2. The van der Waals surface area contributed by atoms with Gasteiger partial charge < -0.3 is 10.0 Å². The summed E-state index contributed by atoms with van der Waals surface area (Å²) in [4.78, 5) is 31.8. The van der Waals surface area contributed by atoms with Gasteiger partial charge in [-0.05, 0) is 74.4 Å². The minimum atomic E-state index is -0.983. The SMILES string of the molecule is CCCCC1(C)N=C(c2ccc(F)c(Cl)c2)C(=O)N1C(c1ccc(C(=O)O)cc1)C1CC1. The van der Waals surface area contributed by atoms with Crippen LogP contribution in [0.4, 0.5) is 4.39 Å². The molecule has 0 saturated heterocycles. The third-order valence-corrected chi connectivity index (χ3v) is 6.63. The second-order valence-electron chi connectivity index (χ2n) is 8.79. The zero-order valence-corrected chi connectivity index (χ0v) is 18.9. The maximum Gasteiger partial charge on any atom is 0.335 e. The molecular weight excluding hydrogens is 431 g/mol. The number of halogens is 2. The largest absolute Gasteiger partial charge is 0.478 e. The molecule has 0 bridgehead atoms. The number of hydrogen-bond acceptors (Lipinski definition) is 3. The third-order valence-electron chi connectivity index (χ3n) is 6.34. The van der Waals surface area contributed by atoms with Crippen molar-refractivity contribution in [2.45, 2.75) is 57.7 Å². The van der Waals surface area contributed by atoms with Crippen LogP contribution >= 0.6 is 11.6 Å². The number of aliphatic imine (C=N–C) groups is 1. The highest BCUT2D eigenvalue weighted by Gasteiger charge is 2.51. The number of hydrogen-bond donors (Lipinski definition) is 1. The van der Waals surface area contributed by atoms with E-state index < -0.39 is 17.4 Å². The van der Waals surface area contributed by atoms with Crippen molar-refractivity contribution in [3.63, 3.8) is 0 Å². The Labute approximate surface area is 191 Å². The standard InChI is InChI=1S/C25H26ClFN2O3/c1-3-4-13-25(2)28-21(18-11-12-20(27)19(26)14-18)23(30)29(25)22(15-5-6-15)16-7-9-17(10-8-16)24(31)32/h7-12,14-15,22H,3-6,13H2,1-2H3,(H,31,32). The Balaban J connectivity index is 1.76. The first kappa shape index (κ1) is 22.5. The van der Waals surface area contributed by atoms with E-state index in [2.05, 4.69) is 6.92 Å². The molecule has 4 rings (SSSR count). The molecule has 1 fully saturated rings. The molecule has 1 N–H and O–H groups in total. The number of unbranched alkanes of at least 4 members (excludes halogenated alkanes) is 1. The number of amides is 1. The average Bonchev–Trinajstić information content (AvgIpc) is 3.57. The monoisotopic (exact) mass is 456 g/mol. The molecule has 1 heterocycles. The first-order valence-corrected chi connectivity index (χ1v) is 11.3. The zero-order chi connectivity index (χ0) is 23.0. The van der Waals surface area contributed by atoms with Gasteiger partial charge in [-0.1, -0.05) is 37.1 Å². The predicted octanol–water partition coefficient (Wildman–Crippen LogP) is 5.87. The van der Waals surface area contributed by atoms with Gasteiger partial charge in [-0.3, -0.25) is 9.79 Å². The van der Waals surface area contributed by atoms with Gasteiger partial charge in [-0.25, -0.2) is 9.18 Å². The molecule has 2 aromatic rings. The van der Waals surface area contributed by atoms with Crippen LogP contribution in [0.5, 0.6) is 0 Å². The van der Waals surface area contributed by atoms with Crippen molar-refractivity contribution >= 4 is 29.2 Å². The van der Waals surface area contributed by atoms with Gasteiger partial charge in [0.2, 0.25) is 0 Å². The van der Waals surface area contributed by atoms with Crippen molar-refractivity contribution in [1.82, 2.24) is 4.90 Å². The van der Waals surface area contributed by atoms with Crippen LogP contribution in [-0.4, -0.2) is 33.3 Å². The molecule has 32 heavy (non-hydrogen) atoms. The van der Waals surface area contributed by atoms with Gasteiger partial charge >= 0.3 is 5.97 Å². The van der Waals surface area contributed by atoms with E-state index in [1.807, 2.05) is 11.8 Å². The van der Waals surface area contributed by atoms with E-state index >= 15 is 0 Å². The first-order valence-electron chi connectivity index (χ1n) is 11.0. The van der Waals surface area contributed by atoms with Crippen molar-refractivity contribution in [3.05, 3.63) is 70.0 Å². The number of carboxylic acids is 1. The second kappa shape index (κ2) is 8.66. The van der Waals surface area contributed by atoms with E-state index in [9.17, 15) is 19.1 Å². The summed E-state index contributed by atoms with van der Waals surface area (Å²) in [6, 6.07) is 10.8. The lowest BCUT2D eigenvalue weighted by Gasteiger charge is -2.40. The predicted molar refractivity (Wildman–Crippen MR) is 122 cm³/mol. The lowest BCUT2D eigenvalue weighted by Crippen LogP contribution is -2.47. The quantitative estimate of drug-likeness (QED) is 0.540. The second-order valence-corrected chi connectivity index (χ2v) is 9.20. The van der Waals surface area contributed by atoms with Gasteiger partial charge in [0.05, 0.1) is 16.6 Å². The Kier molecular flexibility index (Phi) is 6.08. The molecule has 1 amide bonds. The minimum absolute atomic E-state index is 0.0466. The topological polar surface area (TPSA) is 70.0 Å². The molecule has 1 aliphatic carbocycles. The number of rotatable bonds is 8. The van der Waals surface area contributed by atoms with Gasteiger partial charge in [-0.15, -0.1) is 0 Å². The molecular formula is C25H26ClFN2O3. The lowest BCUT2D eigenvalue weighted by molar-refractivity contribution is -0.131. The number of carbonyl (C=O) groups excluding carboxylic acids is 1. The van der Waals surface area contributed by atoms with Crippen molar-refractivity contribution < 1.29 is 19.1 Å². The van der Waals surface area contributed by atoms with E-state index in [0.29, 0.717) is 23.6 Å². The molecule has 2 atom stereocenters. The van der Waals surface area contributed by atoms with Crippen molar-refractivity contribution in [2.75, 3.05) is 0 Å². The summed E-state index contributed by atoms with van der Waals surface area (Å²) in [6.45, 7) is 4.07. The van der Waals surface area contributed by atoms with Crippen LogP contribution in [0.2, 0.25) is 5.02 Å². The summed E-state index contributed by atoms with van der Waals surface area (Å²) in [7, 11) is 0. The van der Waals surface area contributed by atoms with Gasteiger partial charge in [0.15, 0.2) is 0 Å². The molecule has 2 unspecified atom stereocenters. The molecule has 168 valence electrons. The Bertz CT molecular complexity index is 1080. The van der Waals surface area contributed by atoms with Crippen LogP contribution in [0.3, 0.4) is 0 Å². The summed E-state index contributed by atoms with van der Waals surface area (Å²) in [5.41, 5.74) is 1.16. The van der Waals surface area contributed by atoms with Crippen molar-refractivity contribution in [1.29, 1.82) is 0 Å². The van der Waals surface area contributed by atoms with Crippen LogP contribution in [0.25, 0.3) is 0 Å². The molecule has 7 heteroatoms. The number of carbonyl (C=O) groups is 2. The van der Waals surface area contributed by atoms with Crippen molar-refractivity contribution in [2.24, 2.45) is 10.9 Å². The molecule has 1 aliphatic heterocycles. The molecule has 5 nitrogen and oxygen atoms in total. The molecule has 2 aliphatic rings. The summed E-state index contributed by atoms with van der Waals surface area (Å²) in [6.07, 6.45) is 4.56. The van der Waals surface area contributed by atoms with Gasteiger partial charge in [-0.2, -0.15) is 0 Å². The van der Waals surface area contributed by atoms with Crippen LogP contribution in [0, 0.1) is 11.7 Å². The normalized spacial score (nSPS) is 21.6. The van der Waals surface area contributed by atoms with Crippen LogP contribution in [0.15, 0.2) is 47.5 Å². The smallest absolute Gasteiger partial charge is 0.335 e. The highest BCUT2D eigenvalue weighted by atomic mass is 35.5. The van der Waals surface area contributed by atoms with Gasteiger partial charge in [0.1, 0.15) is 17.2 Å².